The van der Waals surface area contributed by atoms with Crippen LogP contribution in [0.5, 0.6) is 0 Å². The lowest BCUT2D eigenvalue weighted by Crippen LogP contribution is -2.24. The van der Waals surface area contributed by atoms with E-state index >= 15 is 0 Å². The van der Waals surface area contributed by atoms with Crippen molar-refractivity contribution in [2.45, 2.75) is 70.8 Å². The van der Waals surface area contributed by atoms with Gasteiger partial charge in [0.05, 0.1) is 0 Å². The summed E-state index contributed by atoms with van der Waals surface area (Å²) in [6.07, 6.45) is 8.40. The molecule has 0 saturated carbocycles. The molecule has 0 aliphatic heterocycles. The summed E-state index contributed by atoms with van der Waals surface area (Å²) in [6, 6.07) is 0. The number of hydrogen-bond acceptors (Lipinski definition) is 6. The Morgan fingerprint density at radius 1 is 0.950 bits per heavy atom. The number of rotatable bonds is 14. The first kappa shape index (κ1) is 18.6. The average molecular weight is 292 g/mol. The molecule has 0 saturated heterocycles. The van der Waals surface area contributed by atoms with Gasteiger partial charge in [-0.1, -0.05) is 58.3 Å². The summed E-state index contributed by atoms with van der Waals surface area (Å²) in [5, 5.41) is 19.3. The molecule has 0 N–H and O–H groups in total. The monoisotopic (exact) mass is 292 g/mol. The molecule has 0 aromatic rings. The predicted molar refractivity (Wildman–Crippen MR) is 72.0 cm³/mol. The van der Waals surface area contributed by atoms with E-state index in [4.69, 9.17) is 0 Å². The fourth-order valence-electron chi connectivity index (χ4n) is 1.94. The zero-order valence-electron chi connectivity index (χ0n) is 12.0. The molecule has 0 fully saturated rings. The average Bonchev–Trinajstić information content (AvgIpc) is 2.38. The van der Waals surface area contributed by atoms with Crippen molar-refractivity contribution < 1.29 is 19.9 Å². The molecule has 0 aromatic carbocycles. The van der Waals surface area contributed by atoms with Crippen LogP contribution in [0.4, 0.5) is 0 Å². The lowest BCUT2D eigenvalue weighted by Gasteiger charge is -2.10. The number of unbranched alkanes of at least 4 members (excludes halogenated alkanes) is 7. The fourth-order valence-corrected chi connectivity index (χ4v) is 1.94. The molecule has 0 bridgehead atoms. The highest BCUT2D eigenvalue weighted by Crippen LogP contribution is 2.12. The van der Waals surface area contributed by atoms with Crippen LogP contribution in [-0.4, -0.2) is 22.7 Å². The predicted octanol–water partition coefficient (Wildman–Crippen LogP) is 3.30. The van der Waals surface area contributed by atoms with E-state index < -0.39 is 22.7 Å². The minimum Gasteiger partial charge on any atom is -0.264 e. The Morgan fingerprint density at radius 3 is 2.00 bits per heavy atom. The van der Waals surface area contributed by atoms with Crippen LogP contribution in [0.3, 0.4) is 0 Å². The second-order valence-corrected chi connectivity index (χ2v) is 4.80. The lowest BCUT2D eigenvalue weighted by atomic mass is 10.1. The topological polar surface area (TPSA) is 105 Å². The summed E-state index contributed by atoms with van der Waals surface area (Å²) in [5.74, 6) is 0. The third kappa shape index (κ3) is 13.0. The van der Waals surface area contributed by atoms with Gasteiger partial charge in [0.2, 0.25) is 6.54 Å². The molecule has 1 atom stereocenters. The second-order valence-electron chi connectivity index (χ2n) is 4.80. The van der Waals surface area contributed by atoms with Gasteiger partial charge < -0.3 is 0 Å². The molecule has 8 nitrogen and oxygen atoms in total. The van der Waals surface area contributed by atoms with Crippen LogP contribution < -0.4 is 0 Å². The Morgan fingerprint density at radius 2 is 1.50 bits per heavy atom. The summed E-state index contributed by atoms with van der Waals surface area (Å²) in [5.41, 5.74) is 0. The largest absolute Gasteiger partial charge is 0.322 e. The molecular formula is C12H24N2O6. The van der Waals surface area contributed by atoms with Gasteiger partial charge in [0.1, 0.15) is 0 Å². The highest BCUT2D eigenvalue weighted by atomic mass is 17.3. The van der Waals surface area contributed by atoms with Gasteiger partial charge in [0.15, 0.2) is 6.10 Å². The molecule has 0 aliphatic carbocycles. The van der Waals surface area contributed by atoms with E-state index in [0.717, 1.165) is 25.7 Å². The van der Waals surface area contributed by atoms with E-state index in [0.29, 0.717) is 6.42 Å². The first-order valence-electron chi connectivity index (χ1n) is 7.16. The molecular weight excluding hydrogens is 268 g/mol. The van der Waals surface area contributed by atoms with Crippen molar-refractivity contribution in [1.29, 1.82) is 0 Å². The van der Waals surface area contributed by atoms with E-state index in [2.05, 4.69) is 16.8 Å². The lowest BCUT2D eigenvalue weighted by molar-refractivity contribution is -0.856. The molecule has 0 spiro atoms. The minimum absolute atomic E-state index is 0.393. The molecule has 0 amide bonds. The number of nitrogens with zero attached hydrogens (tertiary/aromatic N) is 2. The molecule has 1 unspecified atom stereocenters. The summed E-state index contributed by atoms with van der Waals surface area (Å²) in [4.78, 5) is 28.0. The smallest absolute Gasteiger partial charge is 0.264 e. The van der Waals surface area contributed by atoms with Crippen LogP contribution in [0.2, 0.25) is 0 Å². The molecule has 8 heteroatoms. The Balaban J connectivity index is 3.62. The first-order valence-corrected chi connectivity index (χ1v) is 7.16. The van der Waals surface area contributed by atoms with E-state index in [9.17, 15) is 20.2 Å². The quantitative estimate of drug-likeness (QED) is 0.210. The molecule has 118 valence electrons. The second kappa shape index (κ2) is 12.6. The van der Waals surface area contributed by atoms with Gasteiger partial charge in [0, 0.05) is 4.92 Å². The van der Waals surface area contributed by atoms with Crippen LogP contribution in [0, 0.1) is 20.2 Å². The highest BCUT2D eigenvalue weighted by molar-refractivity contribution is 4.55. The van der Waals surface area contributed by atoms with Gasteiger partial charge in [-0.2, -0.15) is 4.89 Å². The summed E-state index contributed by atoms with van der Waals surface area (Å²) in [6.45, 7) is 1.69. The third-order valence-corrected chi connectivity index (χ3v) is 2.97. The van der Waals surface area contributed by atoms with Crippen LogP contribution >= 0.6 is 0 Å². The molecule has 0 aliphatic rings. The molecule has 0 radical (unpaired) electrons. The van der Waals surface area contributed by atoms with E-state index in [-0.39, 0.29) is 0 Å². The van der Waals surface area contributed by atoms with Gasteiger partial charge in [0.25, 0.3) is 0 Å². The Labute approximate surface area is 118 Å². The highest BCUT2D eigenvalue weighted by Gasteiger charge is 2.18. The zero-order valence-corrected chi connectivity index (χ0v) is 12.0. The standard InChI is InChI=1S/C12H24N2O6/c1-2-3-4-5-6-7-8-9-10-12(11-13(15)16)19-20-14(17)18/h12H,2-11H2,1H3. The van der Waals surface area contributed by atoms with E-state index in [1.54, 1.807) is 0 Å². The number of nitro groups is 1. The van der Waals surface area contributed by atoms with Crippen LogP contribution in [0.15, 0.2) is 0 Å². The van der Waals surface area contributed by atoms with Crippen molar-refractivity contribution in [2.75, 3.05) is 6.54 Å². The Bertz CT molecular complexity index is 275. The maximum atomic E-state index is 10.4. The zero-order chi connectivity index (χ0) is 15.2. The SMILES string of the molecule is CCCCCCCCCCC(C[N+](=O)[O-])OO[N+](=O)[O-]. The van der Waals surface area contributed by atoms with Crippen molar-refractivity contribution in [3.63, 3.8) is 0 Å². The van der Waals surface area contributed by atoms with Crippen molar-refractivity contribution in [2.24, 2.45) is 0 Å². The molecule has 0 heterocycles. The van der Waals surface area contributed by atoms with Gasteiger partial charge in [-0.15, -0.1) is 15.1 Å². The van der Waals surface area contributed by atoms with Gasteiger partial charge in [-0.25, -0.2) is 0 Å². The van der Waals surface area contributed by atoms with Gasteiger partial charge in [-0.05, 0) is 6.42 Å². The summed E-state index contributed by atoms with van der Waals surface area (Å²) in [7, 11) is 0. The Kier molecular flexibility index (Phi) is 11.7. The maximum Gasteiger partial charge on any atom is 0.322 e. The van der Waals surface area contributed by atoms with Gasteiger partial charge >= 0.3 is 5.09 Å². The van der Waals surface area contributed by atoms with Crippen LogP contribution in [-0.2, 0) is 9.88 Å². The summed E-state index contributed by atoms with van der Waals surface area (Å²) >= 11 is 0. The molecule has 0 aromatic heterocycles. The van der Waals surface area contributed by atoms with Crippen molar-refractivity contribution in [3.8, 4) is 0 Å². The van der Waals surface area contributed by atoms with E-state index in [1.165, 1.54) is 25.7 Å². The molecule has 20 heavy (non-hydrogen) atoms. The van der Waals surface area contributed by atoms with Crippen molar-refractivity contribution in [1.82, 2.24) is 0 Å². The fraction of sp³-hybridized carbons (Fsp3) is 1.00. The van der Waals surface area contributed by atoms with Crippen molar-refractivity contribution in [3.05, 3.63) is 20.2 Å². The third-order valence-electron chi connectivity index (χ3n) is 2.97. The van der Waals surface area contributed by atoms with Crippen molar-refractivity contribution >= 4 is 0 Å². The maximum absolute atomic E-state index is 10.4. The number of hydrogen-bond donors (Lipinski definition) is 0. The minimum atomic E-state index is -1.11. The van der Waals surface area contributed by atoms with Crippen LogP contribution in [0.25, 0.3) is 0 Å². The van der Waals surface area contributed by atoms with Crippen LogP contribution in [0.1, 0.15) is 64.7 Å². The van der Waals surface area contributed by atoms with E-state index in [1.807, 2.05) is 0 Å². The first-order chi connectivity index (χ1) is 9.56. The normalized spacial score (nSPS) is 12.1. The molecule has 0 rings (SSSR count). The summed E-state index contributed by atoms with van der Waals surface area (Å²) < 4.78 is 0. The Hall–Kier alpha value is -1.44. The van der Waals surface area contributed by atoms with Gasteiger partial charge in [-0.3, -0.25) is 10.1 Å².